The predicted octanol–water partition coefficient (Wildman–Crippen LogP) is 3.05. The van der Waals surface area contributed by atoms with E-state index in [1.165, 1.54) is 0 Å². The van der Waals surface area contributed by atoms with Crippen LogP contribution in [0.4, 0.5) is 5.82 Å². The highest BCUT2D eigenvalue weighted by Crippen LogP contribution is 2.12. The van der Waals surface area contributed by atoms with E-state index in [0.717, 1.165) is 42.4 Å². The molecule has 2 heterocycles. The number of halogens is 1. The lowest BCUT2D eigenvalue weighted by molar-refractivity contribution is 0.114. The molecule has 0 spiro atoms. The highest BCUT2D eigenvalue weighted by molar-refractivity contribution is 7.80. The lowest BCUT2D eigenvalue weighted by Gasteiger charge is -2.12. The summed E-state index contributed by atoms with van der Waals surface area (Å²) < 4.78 is 7.41. The normalized spacial score (nSPS) is 17.2. The van der Waals surface area contributed by atoms with E-state index in [-0.39, 0.29) is 6.10 Å². The van der Waals surface area contributed by atoms with Gasteiger partial charge in [0.25, 0.3) is 0 Å². The van der Waals surface area contributed by atoms with Gasteiger partial charge in [0.15, 0.2) is 10.9 Å². The van der Waals surface area contributed by atoms with Crippen LogP contribution in [0.15, 0.2) is 36.5 Å². The Balaban J connectivity index is 1.48. The first-order valence-electron chi connectivity index (χ1n) is 7.63. The molecule has 1 unspecified atom stereocenters. The van der Waals surface area contributed by atoms with E-state index in [2.05, 4.69) is 15.7 Å². The number of nitrogens with one attached hydrogen (secondary N) is 2. The lowest BCUT2D eigenvalue weighted by atomic mass is 10.2. The Labute approximate surface area is 146 Å². The molecular formula is C16H19ClN4OS. The molecule has 0 amide bonds. The molecule has 0 saturated carbocycles. The van der Waals surface area contributed by atoms with Gasteiger partial charge in [0.1, 0.15) is 0 Å². The third-order valence-electron chi connectivity index (χ3n) is 3.65. The first-order chi connectivity index (χ1) is 11.2. The van der Waals surface area contributed by atoms with Gasteiger partial charge >= 0.3 is 0 Å². The van der Waals surface area contributed by atoms with Gasteiger partial charge in [0.05, 0.1) is 12.6 Å². The molecule has 5 nitrogen and oxygen atoms in total. The van der Waals surface area contributed by atoms with Crippen molar-refractivity contribution >= 4 is 34.7 Å². The van der Waals surface area contributed by atoms with E-state index in [4.69, 9.17) is 28.6 Å². The van der Waals surface area contributed by atoms with Crippen LogP contribution in [0.2, 0.25) is 5.02 Å². The van der Waals surface area contributed by atoms with Crippen molar-refractivity contribution in [1.29, 1.82) is 0 Å². The molecule has 0 aliphatic carbocycles. The second-order valence-electron chi connectivity index (χ2n) is 5.50. The summed E-state index contributed by atoms with van der Waals surface area (Å²) in [4.78, 5) is 0. The van der Waals surface area contributed by atoms with E-state index < -0.39 is 0 Å². The van der Waals surface area contributed by atoms with Crippen LogP contribution in [-0.2, 0) is 11.3 Å². The molecule has 3 rings (SSSR count). The van der Waals surface area contributed by atoms with Crippen LogP contribution >= 0.6 is 23.8 Å². The molecule has 0 radical (unpaired) electrons. The Hall–Kier alpha value is -1.63. The van der Waals surface area contributed by atoms with Crippen molar-refractivity contribution in [1.82, 2.24) is 15.1 Å². The largest absolute Gasteiger partial charge is 0.376 e. The Morgan fingerprint density at radius 2 is 2.17 bits per heavy atom. The van der Waals surface area contributed by atoms with Gasteiger partial charge in [-0.2, -0.15) is 5.10 Å². The van der Waals surface area contributed by atoms with Gasteiger partial charge in [-0.3, -0.25) is 4.68 Å². The molecule has 1 aliphatic rings. The van der Waals surface area contributed by atoms with Gasteiger partial charge in [0, 0.05) is 30.4 Å². The number of thiocarbonyl (C=S) groups is 1. The summed E-state index contributed by atoms with van der Waals surface area (Å²) in [5, 5.41) is 12.0. The molecule has 2 N–H and O–H groups in total. The SMILES string of the molecule is S=C(NCC1CCCO1)Nc1ccn(Cc2ccc(Cl)cc2)n1. The number of ether oxygens (including phenoxy) is 1. The zero-order valence-corrected chi connectivity index (χ0v) is 14.2. The minimum atomic E-state index is 0.261. The summed E-state index contributed by atoms with van der Waals surface area (Å²) in [5.74, 6) is 0.726. The first kappa shape index (κ1) is 16.2. The molecule has 1 saturated heterocycles. The van der Waals surface area contributed by atoms with Crippen molar-refractivity contribution in [2.24, 2.45) is 0 Å². The summed E-state index contributed by atoms with van der Waals surface area (Å²) in [5.41, 5.74) is 1.14. The summed E-state index contributed by atoms with van der Waals surface area (Å²) in [7, 11) is 0. The molecule has 122 valence electrons. The van der Waals surface area contributed by atoms with Crippen molar-refractivity contribution in [3.63, 3.8) is 0 Å². The lowest BCUT2D eigenvalue weighted by Crippen LogP contribution is -2.34. The summed E-state index contributed by atoms with van der Waals surface area (Å²) in [6, 6.07) is 9.64. The van der Waals surface area contributed by atoms with E-state index >= 15 is 0 Å². The Morgan fingerprint density at radius 1 is 1.35 bits per heavy atom. The fourth-order valence-electron chi connectivity index (χ4n) is 2.47. The average Bonchev–Trinajstić information content (AvgIpc) is 3.20. The van der Waals surface area contributed by atoms with Gasteiger partial charge in [-0.25, -0.2) is 0 Å². The molecule has 1 atom stereocenters. The molecule has 0 bridgehead atoms. The Bertz CT molecular complexity index is 652. The van der Waals surface area contributed by atoms with Crippen LogP contribution in [0.1, 0.15) is 18.4 Å². The zero-order chi connectivity index (χ0) is 16.1. The highest BCUT2D eigenvalue weighted by atomic mass is 35.5. The van der Waals surface area contributed by atoms with Gasteiger partial charge < -0.3 is 15.4 Å². The molecule has 7 heteroatoms. The standard InChI is InChI=1S/C16H19ClN4OS/c17-13-5-3-12(4-6-13)11-21-8-7-15(20-21)19-16(23)18-10-14-2-1-9-22-14/h3-8,14H,1-2,9-11H2,(H2,18,19,20,23). The predicted molar refractivity (Wildman–Crippen MR) is 96.0 cm³/mol. The molecular weight excluding hydrogens is 332 g/mol. The van der Waals surface area contributed by atoms with Gasteiger partial charge in [-0.15, -0.1) is 0 Å². The van der Waals surface area contributed by atoms with Crippen LogP contribution in [0, 0.1) is 0 Å². The monoisotopic (exact) mass is 350 g/mol. The second kappa shape index (κ2) is 7.77. The van der Waals surface area contributed by atoms with E-state index in [1.807, 2.05) is 41.2 Å². The maximum Gasteiger partial charge on any atom is 0.172 e. The number of hydrogen-bond acceptors (Lipinski definition) is 3. The average molecular weight is 351 g/mol. The molecule has 2 aromatic rings. The topological polar surface area (TPSA) is 51.1 Å². The molecule has 1 fully saturated rings. The van der Waals surface area contributed by atoms with Crippen LogP contribution < -0.4 is 10.6 Å². The summed E-state index contributed by atoms with van der Waals surface area (Å²) in [6.07, 6.45) is 4.39. The van der Waals surface area contributed by atoms with Crippen molar-refractivity contribution in [3.05, 3.63) is 47.1 Å². The Kier molecular flexibility index (Phi) is 5.48. The van der Waals surface area contributed by atoms with E-state index in [9.17, 15) is 0 Å². The van der Waals surface area contributed by atoms with Crippen LogP contribution in [-0.4, -0.2) is 34.1 Å². The van der Waals surface area contributed by atoms with Gasteiger partial charge in [-0.1, -0.05) is 23.7 Å². The van der Waals surface area contributed by atoms with E-state index in [1.54, 1.807) is 0 Å². The molecule has 1 aromatic heterocycles. The van der Waals surface area contributed by atoms with E-state index in [0.29, 0.717) is 11.7 Å². The van der Waals surface area contributed by atoms with Crippen LogP contribution in [0.5, 0.6) is 0 Å². The Morgan fingerprint density at radius 3 is 2.91 bits per heavy atom. The third-order valence-corrected chi connectivity index (χ3v) is 4.15. The number of aromatic nitrogens is 2. The maximum atomic E-state index is 5.89. The summed E-state index contributed by atoms with van der Waals surface area (Å²) in [6.45, 7) is 2.27. The fraction of sp³-hybridized carbons (Fsp3) is 0.375. The quantitative estimate of drug-likeness (QED) is 0.812. The highest BCUT2D eigenvalue weighted by Gasteiger charge is 2.15. The van der Waals surface area contributed by atoms with Crippen molar-refractivity contribution < 1.29 is 4.74 Å². The smallest absolute Gasteiger partial charge is 0.172 e. The van der Waals surface area contributed by atoms with Crippen molar-refractivity contribution in [2.45, 2.75) is 25.5 Å². The van der Waals surface area contributed by atoms with Crippen molar-refractivity contribution in [2.75, 3.05) is 18.5 Å². The second-order valence-corrected chi connectivity index (χ2v) is 6.34. The van der Waals surface area contributed by atoms with Gasteiger partial charge in [0.2, 0.25) is 0 Å². The minimum Gasteiger partial charge on any atom is -0.376 e. The van der Waals surface area contributed by atoms with Crippen LogP contribution in [0.3, 0.4) is 0 Å². The van der Waals surface area contributed by atoms with Gasteiger partial charge in [-0.05, 0) is 42.8 Å². The molecule has 23 heavy (non-hydrogen) atoms. The summed E-state index contributed by atoms with van der Waals surface area (Å²) >= 11 is 11.2. The number of benzene rings is 1. The number of nitrogens with zero attached hydrogens (tertiary/aromatic N) is 2. The zero-order valence-electron chi connectivity index (χ0n) is 12.7. The minimum absolute atomic E-state index is 0.261. The molecule has 1 aliphatic heterocycles. The fourth-order valence-corrected chi connectivity index (χ4v) is 2.78. The third kappa shape index (κ3) is 4.92. The number of anilines is 1. The van der Waals surface area contributed by atoms with Crippen molar-refractivity contribution in [3.8, 4) is 0 Å². The van der Waals surface area contributed by atoms with Crippen LogP contribution in [0.25, 0.3) is 0 Å². The maximum absolute atomic E-state index is 5.89. The number of rotatable bonds is 5. The number of hydrogen-bond donors (Lipinski definition) is 2. The molecule has 1 aromatic carbocycles. The first-order valence-corrected chi connectivity index (χ1v) is 8.42.